The fourth-order valence-electron chi connectivity index (χ4n) is 1.62. The molecule has 0 spiro atoms. The molecule has 0 amide bonds. The van der Waals surface area contributed by atoms with Gasteiger partial charge in [-0.05, 0) is 6.92 Å². The molecule has 0 aromatic heterocycles. The van der Waals surface area contributed by atoms with Crippen molar-refractivity contribution in [3.8, 4) is 28.7 Å². The molecule has 19 heavy (non-hydrogen) atoms. The molecule has 0 aliphatic carbocycles. The predicted molar refractivity (Wildman–Crippen MR) is 65.4 cm³/mol. The molecule has 2 N–H and O–H groups in total. The molecule has 7 nitrogen and oxygen atoms in total. The number of phenols is 2. The Hall–Kier alpha value is -2.31. The SMILES string of the molecule is CCOC(=O)c1c(O)c(O)c(OC)c(OC)c1OC. The topological polar surface area (TPSA) is 94.5 Å². The number of esters is 1. The van der Waals surface area contributed by atoms with Crippen LogP contribution in [0.15, 0.2) is 0 Å². The van der Waals surface area contributed by atoms with Crippen LogP contribution in [0.3, 0.4) is 0 Å². The van der Waals surface area contributed by atoms with Gasteiger partial charge in [0.05, 0.1) is 27.9 Å². The summed E-state index contributed by atoms with van der Waals surface area (Å²) < 4.78 is 19.8. The summed E-state index contributed by atoms with van der Waals surface area (Å²) in [7, 11) is 3.88. The van der Waals surface area contributed by atoms with Crippen molar-refractivity contribution in [1.29, 1.82) is 0 Å². The molecule has 0 heterocycles. The number of aromatic hydroxyl groups is 2. The Bertz CT molecular complexity index is 482. The Morgan fingerprint density at radius 1 is 0.947 bits per heavy atom. The lowest BCUT2D eigenvalue weighted by atomic mass is 10.1. The van der Waals surface area contributed by atoms with Gasteiger partial charge >= 0.3 is 5.97 Å². The lowest BCUT2D eigenvalue weighted by molar-refractivity contribution is 0.0517. The maximum absolute atomic E-state index is 11.8. The molecular formula is C12H16O7. The summed E-state index contributed by atoms with van der Waals surface area (Å²) in [6, 6.07) is 0. The second-order valence-electron chi connectivity index (χ2n) is 3.39. The highest BCUT2D eigenvalue weighted by Crippen LogP contribution is 2.52. The van der Waals surface area contributed by atoms with Crippen molar-refractivity contribution in [2.24, 2.45) is 0 Å². The average molecular weight is 272 g/mol. The zero-order valence-corrected chi connectivity index (χ0v) is 11.1. The lowest BCUT2D eigenvalue weighted by Crippen LogP contribution is -2.09. The van der Waals surface area contributed by atoms with Crippen LogP contribution in [0.2, 0.25) is 0 Å². The molecule has 7 heteroatoms. The molecule has 1 rings (SSSR count). The van der Waals surface area contributed by atoms with Gasteiger partial charge in [-0.15, -0.1) is 0 Å². The second-order valence-corrected chi connectivity index (χ2v) is 3.39. The van der Waals surface area contributed by atoms with E-state index in [0.717, 1.165) is 0 Å². The van der Waals surface area contributed by atoms with Crippen LogP contribution in [0.5, 0.6) is 28.7 Å². The van der Waals surface area contributed by atoms with Crippen LogP contribution in [0.1, 0.15) is 17.3 Å². The first-order chi connectivity index (χ1) is 9.03. The second kappa shape index (κ2) is 6.03. The summed E-state index contributed by atoms with van der Waals surface area (Å²) in [4.78, 5) is 11.8. The maximum Gasteiger partial charge on any atom is 0.346 e. The monoisotopic (exact) mass is 272 g/mol. The lowest BCUT2D eigenvalue weighted by Gasteiger charge is -2.17. The van der Waals surface area contributed by atoms with Crippen LogP contribution in [-0.4, -0.2) is 44.1 Å². The molecular weight excluding hydrogens is 256 g/mol. The van der Waals surface area contributed by atoms with Crippen LogP contribution >= 0.6 is 0 Å². The van der Waals surface area contributed by atoms with Gasteiger partial charge in [0.2, 0.25) is 17.2 Å². The number of hydrogen-bond acceptors (Lipinski definition) is 7. The minimum absolute atomic E-state index is 0.0108. The Balaban J connectivity index is 3.62. The molecule has 0 radical (unpaired) electrons. The Morgan fingerprint density at radius 2 is 1.47 bits per heavy atom. The molecule has 0 unspecified atom stereocenters. The van der Waals surface area contributed by atoms with E-state index in [1.54, 1.807) is 6.92 Å². The fraction of sp³-hybridized carbons (Fsp3) is 0.417. The molecule has 106 valence electrons. The van der Waals surface area contributed by atoms with Crippen LogP contribution < -0.4 is 14.2 Å². The van der Waals surface area contributed by atoms with Gasteiger partial charge in [0.25, 0.3) is 0 Å². The largest absolute Gasteiger partial charge is 0.503 e. The van der Waals surface area contributed by atoms with E-state index in [1.807, 2.05) is 0 Å². The minimum Gasteiger partial charge on any atom is -0.503 e. The molecule has 0 atom stereocenters. The van der Waals surface area contributed by atoms with E-state index in [-0.39, 0.29) is 29.4 Å². The number of phenolic OH excluding ortho intramolecular Hbond substituents is 2. The number of methoxy groups -OCH3 is 3. The molecule has 1 aromatic carbocycles. The zero-order chi connectivity index (χ0) is 14.6. The van der Waals surface area contributed by atoms with E-state index in [1.165, 1.54) is 21.3 Å². The molecule has 0 aliphatic heterocycles. The standard InChI is InChI=1S/C12H16O7/c1-5-19-12(15)6-7(13)8(14)10(17-3)11(18-4)9(6)16-2/h13-14H,5H2,1-4H3. The normalized spacial score (nSPS) is 9.89. The third-order valence-electron chi connectivity index (χ3n) is 2.41. The first kappa shape index (κ1) is 14.7. The van der Waals surface area contributed by atoms with Crippen LogP contribution in [-0.2, 0) is 4.74 Å². The first-order valence-corrected chi connectivity index (χ1v) is 5.44. The predicted octanol–water partition coefficient (Wildman–Crippen LogP) is 1.30. The van der Waals surface area contributed by atoms with Crippen molar-refractivity contribution in [2.45, 2.75) is 6.92 Å². The third-order valence-corrected chi connectivity index (χ3v) is 2.41. The molecule has 0 fully saturated rings. The Labute approximate surface area is 110 Å². The van der Waals surface area contributed by atoms with E-state index in [0.29, 0.717) is 0 Å². The van der Waals surface area contributed by atoms with E-state index < -0.39 is 17.5 Å². The smallest absolute Gasteiger partial charge is 0.346 e. The molecule has 1 aromatic rings. The zero-order valence-electron chi connectivity index (χ0n) is 11.1. The van der Waals surface area contributed by atoms with Gasteiger partial charge in [0.1, 0.15) is 0 Å². The Morgan fingerprint density at radius 3 is 1.89 bits per heavy atom. The number of hydrogen-bond donors (Lipinski definition) is 2. The van der Waals surface area contributed by atoms with Gasteiger partial charge in [-0.1, -0.05) is 0 Å². The van der Waals surface area contributed by atoms with Gasteiger partial charge in [-0.3, -0.25) is 0 Å². The van der Waals surface area contributed by atoms with Gasteiger partial charge < -0.3 is 29.2 Å². The van der Waals surface area contributed by atoms with Crippen molar-refractivity contribution < 1.29 is 34.0 Å². The van der Waals surface area contributed by atoms with Crippen LogP contribution in [0.25, 0.3) is 0 Å². The highest BCUT2D eigenvalue weighted by atomic mass is 16.5. The first-order valence-electron chi connectivity index (χ1n) is 5.44. The number of carbonyl (C=O) groups excluding carboxylic acids is 1. The van der Waals surface area contributed by atoms with E-state index in [4.69, 9.17) is 18.9 Å². The van der Waals surface area contributed by atoms with Crippen LogP contribution in [0.4, 0.5) is 0 Å². The molecule has 0 aliphatic rings. The number of rotatable bonds is 5. The number of benzene rings is 1. The fourth-order valence-corrected chi connectivity index (χ4v) is 1.62. The Kier molecular flexibility index (Phi) is 4.68. The van der Waals surface area contributed by atoms with Gasteiger partial charge in [-0.25, -0.2) is 4.79 Å². The van der Waals surface area contributed by atoms with Gasteiger partial charge in [-0.2, -0.15) is 0 Å². The van der Waals surface area contributed by atoms with Gasteiger partial charge in [0, 0.05) is 0 Å². The van der Waals surface area contributed by atoms with Crippen LogP contribution in [0, 0.1) is 0 Å². The summed E-state index contributed by atoms with van der Waals surface area (Å²) in [5.41, 5.74) is -0.320. The highest BCUT2D eigenvalue weighted by Gasteiger charge is 2.31. The summed E-state index contributed by atoms with van der Waals surface area (Å²) >= 11 is 0. The number of ether oxygens (including phenoxy) is 4. The van der Waals surface area contributed by atoms with Gasteiger partial charge in [0.15, 0.2) is 17.1 Å². The molecule has 0 saturated heterocycles. The summed E-state index contributed by atoms with van der Waals surface area (Å²) in [6.07, 6.45) is 0. The maximum atomic E-state index is 11.8. The van der Waals surface area contributed by atoms with E-state index in [9.17, 15) is 15.0 Å². The van der Waals surface area contributed by atoms with Crippen molar-refractivity contribution in [3.63, 3.8) is 0 Å². The van der Waals surface area contributed by atoms with Crippen molar-refractivity contribution in [3.05, 3.63) is 5.56 Å². The van der Waals surface area contributed by atoms with Crippen molar-refractivity contribution in [1.82, 2.24) is 0 Å². The van der Waals surface area contributed by atoms with Crippen molar-refractivity contribution >= 4 is 5.97 Å². The van der Waals surface area contributed by atoms with Crippen molar-refractivity contribution in [2.75, 3.05) is 27.9 Å². The molecule has 0 bridgehead atoms. The highest BCUT2D eigenvalue weighted by molar-refractivity contribution is 5.99. The number of carbonyl (C=O) groups is 1. The summed E-state index contributed by atoms with van der Waals surface area (Å²) in [5.74, 6) is -2.37. The molecule has 0 saturated carbocycles. The van der Waals surface area contributed by atoms with E-state index >= 15 is 0 Å². The average Bonchev–Trinajstić information content (AvgIpc) is 2.40. The van der Waals surface area contributed by atoms with E-state index in [2.05, 4.69) is 0 Å². The third kappa shape index (κ3) is 2.44. The summed E-state index contributed by atoms with van der Waals surface area (Å²) in [6.45, 7) is 1.72. The minimum atomic E-state index is -0.840. The quantitative estimate of drug-likeness (QED) is 0.616. The summed E-state index contributed by atoms with van der Waals surface area (Å²) in [5, 5.41) is 19.7.